The Balaban J connectivity index is 0.00000242. The first-order chi connectivity index (χ1) is 9.76. The summed E-state index contributed by atoms with van der Waals surface area (Å²) in [5.74, 6) is -0.125. The zero-order valence-electron chi connectivity index (χ0n) is 12.7. The molecule has 0 unspecified atom stereocenters. The quantitative estimate of drug-likeness (QED) is 0.658. The van der Waals surface area contributed by atoms with E-state index >= 15 is 0 Å². The fourth-order valence-corrected chi connectivity index (χ4v) is 3.17. The minimum Gasteiger partial charge on any atom is -0.335 e. The molecule has 0 spiro atoms. The summed E-state index contributed by atoms with van der Waals surface area (Å²) in [6.45, 7) is 7.56. The zero-order valence-corrected chi connectivity index (χ0v) is 14.3. The lowest BCUT2D eigenvalue weighted by Crippen LogP contribution is -2.54. The molecule has 22 heavy (non-hydrogen) atoms. The first-order valence-corrected chi connectivity index (χ1v) is 7.63. The van der Waals surface area contributed by atoms with Crippen LogP contribution in [0.15, 0.2) is 12.1 Å². The number of carbonyl (C=O) groups excluding carboxylic acids is 1. The second kappa shape index (κ2) is 7.36. The second-order valence-corrected chi connectivity index (χ2v) is 7.01. The number of nitro groups is 1. The van der Waals surface area contributed by atoms with E-state index in [1.54, 1.807) is 4.90 Å². The molecule has 7 nitrogen and oxygen atoms in total. The number of nitrogens with zero attached hydrogens (tertiary/aromatic N) is 3. The number of hydrogen-bond acceptors (Lipinski definition) is 6. The van der Waals surface area contributed by atoms with Crippen LogP contribution in [0.3, 0.4) is 0 Å². The van der Waals surface area contributed by atoms with Gasteiger partial charge in [-0.15, -0.1) is 12.4 Å². The van der Waals surface area contributed by atoms with Gasteiger partial charge in [0, 0.05) is 44.3 Å². The average Bonchev–Trinajstić information content (AvgIpc) is 2.86. The summed E-state index contributed by atoms with van der Waals surface area (Å²) < 4.78 is 0. The maximum absolute atomic E-state index is 12.3. The van der Waals surface area contributed by atoms with Crippen LogP contribution in [-0.2, 0) is 0 Å². The predicted molar refractivity (Wildman–Crippen MR) is 88.8 cm³/mol. The van der Waals surface area contributed by atoms with Gasteiger partial charge in [0.05, 0.1) is 9.80 Å². The summed E-state index contributed by atoms with van der Waals surface area (Å²) in [4.78, 5) is 26.9. The Bertz CT molecular complexity index is 536. The van der Waals surface area contributed by atoms with E-state index in [2.05, 4.69) is 4.90 Å². The van der Waals surface area contributed by atoms with Crippen molar-refractivity contribution in [1.82, 2.24) is 9.80 Å². The van der Waals surface area contributed by atoms with Crippen molar-refractivity contribution in [3.63, 3.8) is 0 Å². The molecule has 1 amide bonds. The minimum atomic E-state index is -0.470. The average molecular weight is 349 g/mol. The molecular formula is C13H21ClN4O3S. The summed E-state index contributed by atoms with van der Waals surface area (Å²) in [5, 5.41) is 10.7. The van der Waals surface area contributed by atoms with E-state index in [1.807, 2.05) is 13.8 Å². The largest absolute Gasteiger partial charge is 0.335 e. The third-order valence-electron chi connectivity index (χ3n) is 3.27. The zero-order chi connectivity index (χ0) is 15.6. The second-order valence-electron chi connectivity index (χ2n) is 5.95. The van der Waals surface area contributed by atoms with Crippen molar-refractivity contribution in [3.8, 4) is 0 Å². The van der Waals surface area contributed by atoms with Gasteiger partial charge in [-0.1, -0.05) is 11.3 Å². The topological polar surface area (TPSA) is 92.7 Å². The van der Waals surface area contributed by atoms with Crippen LogP contribution in [0.5, 0.6) is 0 Å². The van der Waals surface area contributed by atoms with Gasteiger partial charge < -0.3 is 10.6 Å². The van der Waals surface area contributed by atoms with E-state index in [9.17, 15) is 14.9 Å². The third kappa shape index (κ3) is 4.91. The Labute approximate surface area is 139 Å². The minimum absolute atomic E-state index is 0. The molecule has 9 heteroatoms. The maximum Gasteiger partial charge on any atom is 0.324 e. The van der Waals surface area contributed by atoms with Crippen molar-refractivity contribution in [3.05, 3.63) is 27.1 Å². The molecule has 0 radical (unpaired) electrons. The van der Waals surface area contributed by atoms with Gasteiger partial charge in [-0.25, -0.2) is 0 Å². The number of piperazine rings is 1. The number of thiophene rings is 1. The molecule has 1 fully saturated rings. The Morgan fingerprint density at radius 3 is 2.41 bits per heavy atom. The van der Waals surface area contributed by atoms with Crippen molar-refractivity contribution >= 4 is 34.7 Å². The van der Waals surface area contributed by atoms with Gasteiger partial charge in [-0.05, 0) is 19.9 Å². The van der Waals surface area contributed by atoms with Crippen LogP contribution in [0, 0.1) is 10.1 Å². The lowest BCUT2D eigenvalue weighted by atomic mass is 10.1. The Morgan fingerprint density at radius 1 is 1.36 bits per heavy atom. The fourth-order valence-electron chi connectivity index (χ4n) is 2.38. The molecule has 2 N–H and O–H groups in total. The van der Waals surface area contributed by atoms with Gasteiger partial charge in [0.25, 0.3) is 5.91 Å². The molecule has 1 aliphatic rings. The normalized spacial score (nSPS) is 16.2. The molecule has 0 atom stereocenters. The highest BCUT2D eigenvalue weighted by Gasteiger charge is 2.26. The number of rotatable bonds is 4. The van der Waals surface area contributed by atoms with Crippen molar-refractivity contribution in [2.75, 3.05) is 32.7 Å². The molecule has 1 saturated heterocycles. The number of amides is 1. The monoisotopic (exact) mass is 348 g/mol. The number of halogens is 1. The Kier molecular flexibility index (Phi) is 6.30. The number of hydrogen-bond donors (Lipinski definition) is 1. The molecule has 1 aromatic heterocycles. The SMILES string of the molecule is CC(C)(N)CN1CCN(C(=O)c2ccc([N+](=O)[O-])s2)CC1.Cl. The van der Waals surface area contributed by atoms with E-state index in [1.165, 1.54) is 12.1 Å². The van der Waals surface area contributed by atoms with Crippen molar-refractivity contribution in [2.24, 2.45) is 5.73 Å². The van der Waals surface area contributed by atoms with E-state index in [4.69, 9.17) is 5.73 Å². The highest BCUT2D eigenvalue weighted by atomic mass is 35.5. The van der Waals surface area contributed by atoms with Gasteiger partial charge in [0.15, 0.2) is 0 Å². The molecule has 124 valence electrons. The highest BCUT2D eigenvalue weighted by molar-refractivity contribution is 7.17. The van der Waals surface area contributed by atoms with Crippen LogP contribution in [0.25, 0.3) is 0 Å². The van der Waals surface area contributed by atoms with Crippen LogP contribution in [0.2, 0.25) is 0 Å². The van der Waals surface area contributed by atoms with Crippen LogP contribution < -0.4 is 5.73 Å². The predicted octanol–water partition coefficient (Wildman–Crippen LogP) is 1.57. The van der Waals surface area contributed by atoms with Crippen LogP contribution >= 0.6 is 23.7 Å². The van der Waals surface area contributed by atoms with Gasteiger partial charge >= 0.3 is 5.00 Å². The van der Waals surface area contributed by atoms with E-state index in [0.29, 0.717) is 18.0 Å². The third-order valence-corrected chi connectivity index (χ3v) is 4.30. The molecule has 2 rings (SSSR count). The van der Waals surface area contributed by atoms with Gasteiger partial charge in [-0.2, -0.15) is 0 Å². The van der Waals surface area contributed by atoms with Gasteiger partial charge in [0.2, 0.25) is 0 Å². The first kappa shape index (κ1) is 18.8. The summed E-state index contributed by atoms with van der Waals surface area (Å²) >= 11 is 0.930. The van der Waals surface area contributed by atoms with E-state index in [-0.39, 0.29) is 28.9 Å². The number of carbonyl (C=O) groups is 1. The molecular weight excluding hydrogens is 328 g/mol. The summed E-state index contributed by atoms with van der Waals surface area (Å²) in [7, 11) is 0. The van der Waals surface area contributed by atoms with Crippen molar-refractivity contribution in [2.45, 2.75) is 19.4 Å². The van der Waals surface area contributed by atoms with Gasteiger partial charge in [0.1, 0.15) is 0 Å². The highest BCUT2D eigenvalue weighted by Crippen LogP contribution is 2.25. The molecule has 0 saturated carbocycles. The molecule has 1 aromatic rings. The summed E-state index contributed by atoms with van der Waals surface area (Å²) in [6.07, 6.45) is 0. The van der Waals surface area contributed by atoms with E-state index in [0.717, 1.165) is 31.0 Å². The molecule has 2 heterocycles. The first-order valence-electron chi connectivity index (χ1n) is 6.81. The summed E-state index contributed by atoms with van der Waals surface area (Å²) in [6, 6.07) is 2.91. The Hall–Kier alpha value is -1.22. The van der Waals surface area contributed by atoms with Crippen molar-refractivity contribution in [1.29, 1.82) is 0 Å². The van der Waals surface area contributed by atoms with E-state index < -0.39 is 4.92 Å². The van der Waals surface area contributed by atoms with Crippen LogP contribution in [0.1, 0.15) is 23.5 Å². The molecule has 1 aliphatic heterocycles. The number of nitrogens with two attached hydrogens (primary N) is 1. The van der Waals surface area contributed by atoms with Crippen LogP contribution in [-0.4, -0.2) is 58.9 Å². The standard InChI is InChI=1S/C13H20N4O3S.ClH/c1-13(2,14)9-15-5-7-16(8-6-15)12(18)10-3-4-11(21-10)17(19)20;/h3-4H,5-9,14H2,1-2H3;1H. The lowest BCUT2D eigenvalue weighted by Gasteiger charge is -2.37. The van der Waals surface area contributed by atoms with Crippen molar-refractivity contribution < 1.29 is 9.72 Å². The van der Waals surface area contributed by atoms with Crippen LogP contribution in [0.4, 0.5) is 5.00 Å². The molecule has 0 aromatic carbocycles. The fraction of sp³-hybridized carbons (Fsp3) is 0.615. The maximum atomic E-state index is 12.3. The van der Waals surface area contributed by atoms with Gasteiger partial charge in [-0.3, -0.25) is 19.8 Å². The molecule has 0 aliphatic carbocycles. The summed E-state index contributed by atoms with van der Waals surface area (Å²) in [5.41, 5.74) is 5.75. The lowest BCUT2D eigenvalue weighted by molar-refractivity contribution is -0.380. The molecule has 0 bridgehead atoms. The Morgan fingerprint density at radius 2 is 1.95 bits per heavy atom. The smallest absolute Gasteiger partial charge is 0.324 e.